The molecule has 102 valence electrons. The first-order valence-electron chi connectivity index (χ1n) is 6.46. The second-order valence-electron chi connectivity index (χ2n) is 4.98. The first-order valence-corrected chi connectivity index (χ1v) is 6.46. The van der Waals surface area contributed by atoms with Gasteiger partial charge in [0.05, 0.1) is 5.69 Å². The molecule has 0 unspecified atom stereocenters. The van der Waals surface area contributed by atoms with Crippen molar-refractivity contribution in [1.82, 2.24) is 0 Å². The number of benzene rings is 2. The lowest BCUT2D eigenvalue weighted by Crippen LogP contribution is -2.29. The lowest BCUT2D eigenvalue weighted by molar-refractivity contribution is 0.0989. The highest BCUT2D eigenvalue weighted by molar-refractivity contribution is 6.08. The number of rotatable bonds is 1. The van der Waals surface area contributed by atoms with Crippen LogP contribution in [0.2, 0.25) is 0 Å². The lowest BCUT2D eigenvalue weighted by atomic mass is 10.1. The normalized spacial score (nSPS) is 13.4. The van der Waals surface area contributed by atoms with Crippen LogP contribution in [-0.2, 0) is 6.42 Å². The highest BCUT2D eigenvalue weighted by Crippen LogP contribution is 2.30. The number of nitrogens with zero attached hydrogens (tertiary/aromatic N) is 1. The molecule has 0 bridgehead atoms. The van der Waals surface area contributed by atoms with E-state index in [1.165, 1.54) is 18.2 Å². The number of amides is 1. The Hall–Kier alpha value is -2.36. The number of hydrogen-bond acceptors (Lipinski definition) is 2. The van der Waals surface area contributed by atoms with Gasteiger partial charge < -0.3 is 10.0 Å². The zero-order chi connectivity index (χ0) is 14.3. The van der Waals surface area contributed by atoms with Crippen LogP contribution in [0.4, 0.5) is 10.1 Å². The minimum Gasteiger partial charge on any atom is -0.508 e. The quantitative estimate of drug-likeness (QED) is 0.866. The van der Waals surface area contributed by atoms with Gasteiger partial charge in [-0.25, -0.2) is 4.39 Å². The molecular weight excluding hydrogens is 257 g/mol. The van der Waals surface area contributed by atoms with Crippen LogP contribution in [0.3, 0.4) is 0 Å². The predicted octanol–water partition coefficient (Wildman–Crippen LogP) is 3.04. The molecule has 1 aliphatic rings. The third kappa shape index (κ3) is 2.03. The van der Waals surface area contributed by atoms with Crippen LogP contribution in [0.5, 0.6) is 5.75 Å². The molecule has 2 aromatic rings. The predicted molar refractivity (Wildman–Crippen MR) is 74.6 cm³/mol. The number of hydrogen-bond donors (Lipinski definition) is 1. The van der Waals surface area contributed by atoms with E-state index in [2.05, 4.69) is 0 Å². The molecule has 0 saturated heterocycles. The molecule has 3 rings (SSSR count). The Morgan fingerprint density at radius 1 is 1.25 bits per heavy atom. The molecule has 0 fully saturated rings. The van der Waals surface area contributed by atoms with E-state index in [1.54, 1.807) is 30.0 Å². The first-order chi connectivity index (χ1) is 9.56. The van der Waals surface area contributed by atoms with Crippen LogP contribution >= 0.6 is 0 Å². The fourth-order valence-electron chi connectivity index (χ4n) is 2.60. The molecule has 4 heteroatoms. The van der Waals surface area contributed by atoms with Crippen molar-refractivity contribution in [1.29, 1.82) is 0 Å². The summed E-state index contributed by atoms with van der Waals surface area (Å²) in [5, 5.41) is 9.40. The summed E-state index contributed by atoms with van der Waals surface area (Å²) >= 11 is 0. The third-order valence-electron chi connectivity index (χ3n) is 3.63. The molecule has 20 heavy (non-hydrogen) atoms. The van der Waals surface area contributed by atoms with Gasteiger partial charge in [0.15, 0.2) is 0 Å². The smallest absolute Gasteiger partial charge is 0.258 e. The topological polar surface area (TPSA) is 40.5 Å². The number of carbonyl (C=O) groups is 1. The molecule has 0 radical (unpaired) electrons. The highest BCUT2D eigenvalue weighted by Gasteiger charge is 2.26. The maximum Gasteiger partial charge on any atom is 0.258 e. The summed E-state index contributed by atoms with van der Waals surface area (Å²) in [6, 6.07) is 9.18. The van der Waals surface area contributed by atoms with E-state index in [0.29, 0.717) is 23.4 Å². The Kier molecular flexibility index (Phi) is 2.93. The molecule has 0 aliphatic carbocycles. The molecule has 0 spiro atoms. The maximum atomic E-state index is 13.4. The Morgan fingerprint density at radius 3 is 2.80 bits per heavy atom. The minimum atomic E-state index is -0.342. The van der Waals surface area contributed by atoms with Crippen LogP contribution in [0.15, 0.2) is 36.4 Å². The average Bonchev–Trinajstić information content (AvgIpc) is 2.81. The minimum absolute atomic E-state index is 0.131. The summed E-state index contributed by atoms with van der Waals surface area (Å²) in [7, 11) is 0. The van der Waals surface area contributed by atoms with Crippen molar-refractivity contribution < 1.29 is 14.3 Å². The Bertz CT molecular complexity index is 697. The summed E-state index contributed by atoms with van der Waals surface area (Å²) in [6.45, 7) is 2.33. The molecule has 1 amide bonds. The standard InChI is InChI=1S/C16H14FNO2/c1-10-8-13(19)4-5-14(10)16(20)18-7-6-11-2-3-12(17)9-15(11)18/h2-5,8-9,19H,6-7H2,1H3. The van der Waals surface area contributed by atoms with E-state index < -0.39 is 0 Å². The number of phenolic OH excluding ortho intramolecular Hbond substituents is 1. The van der Waals surface area contributed by atoms with Crippen molar-refractivity contribution in [2.45, 2.75) is 13.3 Å². The van der Waals surface area contributed by atoms with Crippen LogP contribution in [-0.4, -0.2) is 17.6 Å². The second-order valence-corrected chi connectivity index (χ2v) is 4.98. The first kappa shape index (κ1) is 12.7. The van der Waals surface area contributed by atoms with Crippen molar-refractivity contribution in [2.24, 2.45) is 0 Å². The Morgan fingerprint density at radius 2 is 2.05 bits per heavy atom. The average molecular weight is 271 g/mol. The Labute approximate surface area is 116 Å². The van der Waals surface area contributed by atoms with E-state index in [4.69, 9.17) is 0 Å². The van der Waals surface area contributed by atoms with E-state index in [9.17, 15) is 14.3 Å². The van der Waals surface area contributed by atoms with Gasteiger partial charge >= 0.3 is 0 Å². The summed E-state index contributed by atoms with van der Waals surface area (Å²) in [5.74, 6) is -0.371. The number of phenols is 1. The summed E-state index contributed by atoms with van der Waals surface area (Å²) in [4.78, 5) is 14.2. The van der Waals surface area contributed by atoms with Crippen molar-refractivity contribution in [3.8, 4) is 5.75 Å². The number of aromatic hydroxyl groups is 1. The molecule has 1 N–H and O–H groups in total. The molecular formula is C16H14FNO2. The molecule has 1 heterocycles. The van der Waals surface area contributed by atoms with Gasteiger partial charge in [0.1, 0.15) is 11.6 Å². The maximum absolute atomic E-state index is 13.4. The Balaban J connectivity index is 1.99. The van der Waals surface area contributed by atoms with Crippen molar-refractivity contribution in [3.63, 3.8) is 0 Å². The third-order valence-corrected chi connectivity index (χ3v) is 3.63. The van der Waals surface area contributed by atoms with Crippen LogP contribution in [0.25, 0.3) is 0 Å². The zero-order valence-electron chi connectivity index (χ0n) is 11.1. The van der Waals surface area contributed by atoms with Crippen molar-refractivity contribution in [3.05, 3.63) is 58.9 Å². The van der Waals surface area contributed by atoms with Gasteiger partial charge in [-0.3, -0.25) is 4.79 Å². The number of fused-ring (bicyclic) bond motifs is 1. The van der Waals surface area contributed by atoms with Crippen LogP contribution in [0.1, 0.15) is 21.5 Å². The number of anilines is 1. The van der Waals surface area contributed by atoms with Gasteiger partial charge in [-0.05, 0) is 54.8 Å². The van der Waals surface area contributed by atoms with Gasteiger partial charge in [0.2, 0.25) is 0 Å². The summed E-state index contributed by atoms with van der Waals surface area (Å²) in [6.07, 6.45) is 0.735. The second kappa shape index (κ2) is 4.63. The van der Waals surface area contributed by atoms with E-state index in [1.807, 2.05) is 0 Å². The number of carbonyl (C=O) groups excluding carboxylic acids is 1. The number of halogens is 1. The van der Waals surface area contributed by atoms with Gasteiger partial charge in [-0.15, -0.1) is 0 Å². The summed E-state index contributed by atoms with van der Waals surface area (Å²) < 4.78 is 13.4. The van der Waals surface area contributed by atoms with Crippen molar-refractivity contribution >= 4 is 11.6 Å². The fraction of sp³-hybridized carbons (Fsp3) is 0.188. The molecule has 0 atom stereocenters. The van der Waals surface area contributed by atoms with Gasteiger partial charge in [0, 0.05) is 12.1 Å². The lowest BCUT2D eigenvalue weighted by Gasteiger charge is -2.18. The van der Waals surface area contributed by atoms with Gasteiger partial charge in [0.25, 0.3) is 5.91 Å². The zero-order valence-corrected chi connectivity index (χ0v) is 11.1. The monoisotopic (exact) mass is 271 g/mol. The van der Waals surface area contributed by atoms with Crippen LogP contribution in [0, 0.1) is 12.7 Å². The van der Waals surface area contributed by atoms with Gasteiger partial charge in [-0.1, -0.05) is 6.07 Å². The molecule has 0 saturated carbocycles. The SMILES string of the molecule is Cc1cc(O)ccc1C(=O)N1CCc2ccc(F)cc21. The summed E-state index contributed by atoms with van der Waals surface area (Å²) in [5.41, 5.74) is 2.86. The van der Waals surface area contributed by atoms with Crippen LogP contribution < -0.4 is 4.90 Å². The molecule has 3 nitrogen and oxygen atoms in total. The fourth-order valence-corrected chi connectivity index (χ4v) is 2.60. The molecule has 1 aliphatic heterocycles. The van der Waals surface area contributed by atoms with Crippen molar-refractivity contribution in [2.75, 3.05) is 11.4 Å². The highest BCUT2D eigenvalue weighted by atomic mass is 19.1. The largest absolute Gasteiger partial charge is 0.508 e. The van der Waals surface area contributed by atoms with Gasteiger partial charge in [-0.2, -0.15) is 0 Å². The molecule has 2 aromatic carbocycles. The van der Waals surface area contributed by atoms with E-state index in [-0.39, 0.29) is 17.5 Å². The van der Waals surface area contributed by atoms with E-state index in [0.717, 1.165) is 12.0 Å². The van der Waals surface area contributed by atoms with E-state index >= 15 is 0 Å². The molecule has 0 aromatic heterocycles. The number of aryl methyl sites for hydroxylation is 1.